The van der Waals surface area contributed by atoms with Gasteiger partial charge in [-0.25, -0.2) is 0 Å². The van der Waals surface area contributed by atoms with Crippen molar-refractivity contribution >= 4 is 0 Å². The van der Waals surface area contributed by atoms with Gasteiger partial charge in [0, 0.05) is 5.56 Å². The van der Waals surface area contributed by atoms with Gasteiger partial charge in [-0.2, -0.15) is 5.26 Å². The Balaban J connectivity index is 1.78. The number of hydrogen-bond donors (Lipinski definition) is 0. The van der Waals surface area contributed by atoms with E-state index < -0.39 is 0 Å². The zero-order valence-electron chi connectivity index (χ0n) is 13.4. The molecule has 0 aromatic heterocycles. The van der Waals surface area contributed by atoms with Gasteiger partial charge < -0.3 is 9.47 Å². The predicted molar refractivity (Wildman–Crippen MR) is 93.9 cm³/mol. The topological polar surface area (TPSA) is 42.2 Å². The lowest BCUT2D eigenvalue weighted by Gasteiger charge is -2.09. The first-order valence-electron chi connectivity index (χ1n) is 7.65. The smallest absolute Gasteiger partial charge is 0.119 e. The molecule has 0 saturated carbocycles. The van der Waals surface area contributed by atoms with E-state index in [0.29, 0.717) is 12.2 Å². The molecule has 118 valence electrons. The average Bonchev–Trinajstić information content (AvgIpc) is 2.67. The molecule has 0 spiro atoms. The fourth-order valence-corrected chi connectivity index (χ4v) is 2.46. The van der Waals surface area contributed by atoms with Crippen LogP contribution in [0.4, 0.5) is 0 Å². The molecule has 0 fully saturated rings. The SMILES string of the molecule is COc1ccc(C#N)c(-c2ccc(OCc3ccccc3)cc2)c1. The van der Waals surface area contributed by atoms with Crippen LogP contribution in [0.5, 0.6) is 11.5 Å². The number of benzene rings is 3. The van der Waals surface area contributed by atoms with Crippen LogP contribution in [0.15, 0.2) is 72.8 Å². The quantitative estimate of drug-likeness (QED) is 0.678. The Morgan fingerprint density at radius 2 is 1.58 bits per heavy atom. The summed E-state index contributed by atoms with van der Waals surface area (Å²) >= 11 is 0. The van der Waals surface area contributed by atoms with Crippen LogP contribution in [0.25, 0.3) is 11.1 Å². The number of methoxy groups -OCH3 is 1. The largest absolute Gasteiger partial charge is 0.497 e. The van der Waals surface area contributed by atoms with Gasteiger partial charge >= 0.3 is 0 Å². The maximum atomic E-state index is 9.29. The normalized spacial score (nSPS) is 10.0. The third-order valence-electron chi connectivity index (χ3n) is 3.76. The Kier molecular flexibility index (Phi) is 4.78. The molecule has 0 aliphatic carbocycles. The minimum Gasteiger partial charge on any atom is -0.497 e. The molecule has 3 aromatic rings. The second-order valence-corrected chi connectivity index (χ2v) is 5.32. The van der Waals surface area contributed by atoms with E-state index in [9.17, 15) is 5.26 Å². The fraction of sp³-hybridized carbons (Fsp3) is 0.0952. The molecule has 0 aliphatic rings. The van der Waals surface area contributed by atoms with Gasteiger partial charge in [0.2, 0.25) is 0 Å². The fourth-order valence-electron chi connectivity index (χ4n) is 2.46. The Labute approximate surface area is 141 Å². The van der Waals surface area contributed by atoms with E-state index in [-0.39, 0.29) is 0 Å². The molecule has 0 radical (unpaired) electrons. The predicted octanol–water partition coefficient (Wildman–Crippen LogP) is 4.81. The highest BCUT2D eigenvalue weighted by Gasteiger charge is 2.07. The highest BCUT2D eigenvalue weighted by atomic mass is 16.5. The number of ether oxygens (including phenoxy) is 2. The molecular weight excluding hydrogens is 298 g/mol. The summed E-state index contributed by atoms with van der Waals surface area (Å²) < 4.78 is 11.0. The van der Waals surface area contributed by atoms with Crippen molar-refractivity contribution in [2.24, 2.45) is 0 Å². The van der Waals surface area contributed by atoms with Crippen LogP contribution in [0.2, 0.25) is 0 Å². The summed E-state index contributed by atoms with van der Waals surface area (Å²) in [5.74, 6) is 1.53. The standard InChI is InChI=1S/C21H17NO2/c1-23-20-12-9-18(14-22)21(13-20)17-7-10-19(11-8-17)24-15-16-5-3-2-4-6-16/h2-13H,15H2,1H3. The number of nitrogens with zero attached hydrogens (tertiary/aromatic N) is 1. The summed E-state index contributed by atoms with van der Waals surface area (Å²) in [7, 11) is 1.62. The highest BCUT2D eigenvalue weighted by Crippen LogP contribution is 2.29. The third kappa shape index (κ3) is 3.56. The van der Waals surface area contributed by atoms with E-state index >= 15 is 0 Å². The van der Waals surface area contributed by atoms with Gasteiger partial charge in [-0.05, 0) is 41.5 Å². The van der Waals surface area contributed by atoms with Crippen LogP contribution in [-0.2, 0) is 6.61 Å². The summed E-state index contributed by atoms with van der Waals surface area (Å²) in [6.45, 7) is 0.531. The molecule has 3 aromatic carbocycles. The molecule has 0 atom stereocenters. The second kappa shape index (κ2) is 7.34. The van der Waals surface area contributed by atoms with Crippen molar-refractivity contribution in [2.45, 2.75) is 6.61 Å². The highest BCUT2D eigenvalue weighted by molar-refractivity contribution is 5.72. The molecule has 0 unspecified atom stereocenters. The van der Waals surface area contributed by atoms with Gasteiger partial charge in [-0.1, -0.05) is 42.5 Å². The van der Waals surface area contributed by atoms with E-state index in [0.717, 1.165) is 28.2 Å². The lowest BCUT2D eigenvalue weighted by Crippen LogP contribution is -1.95. The first-order valence-corrected chi connectivity index (χ1v) is 7.65. The van der Waals surface area contributed by atoms with Gasteiger partial charge in [-0.3, -0.25) is 0 Å². The van der Waals surface area contributed by atoms with Gasteiger partial charge in [0.15, 0.2) is 0 Å². The van der Waals surface area contributed by atoms with Crippen molar-refractivity contribution in [1.29, 1.82) is 5.26 Å². The summed E-state index contributed by atoms with van der Waals surface area (Å²) in [4.78, 5) is 0. The number of nitriles is 1. The van der Waals surface area contributed by atoms with Gasteiger partial charge in [0.25, 0.3) is 0 Å². The van der Waals surface area contributed by atoms with Crippen LogP contribution >= 0.6 is 0 Å². The van der Waals surface area contributed by atoms with Gasteiger partial charge in [0.1, 0.15) is 18.1 Å². The van der Waals surface area contributed by atoms with Crippen molar-refractivity contribution in [3.8, 4) is 28.7 Å². The zero-order valence-corrected chi connectivity index (χ0v) is 13.4. The van der Waals surface area contributed by atoms with Crippen LogP contribution < -0.4 is 9.47 Å². The third-order valence-corrected chi connectivity index (χ3v) is 3.76. The van der Waals surface area contributed by atoms with Crippen molar-refractivity contribution in [3.63, 3.8) is 0 Å². The summed E-state index contributed by atoms with van der Waals surface area (Å²) in [5, 5.41) is 9.29. The first kappa shape index (κ1) is 15.6. The maximum Gasteiger partial charge on any atom is 0.119 e. The molecule has 3 rings (SSSR count). The molecular formula is C21H17NO2. The van der Waals surface area contributed by atoms with Crippen LogP contribution in [0.3, 0.4) is 0 Å². The van der Waals surface area contributed by atoms with Crippen LogP contribution in [0.1, 0.15) is 11.1 Å². The summed E-state index contributed by atoms with van der Waals surface area (Å²) in [6.07, 6.45) is 0. The molecule has 0 bridgehead atoms. The molecule has 0 saturated heterocycles. The molecule has 3 heteroatoms. The summed E-state index contributed by atoms with van der Waals surface area (Å²) in [6, 6.07) is 25.4. The van der Waals surface area contributed by atoms with Crippen LogP contribution in [-0.4, -0.2) is 7.11 Å². The Bertz CT molecular complexity index is 849. The van der Waals surface area contributed by atoms with Gasteiger partial charge in [-0.15, -0.1) is 0 Å². The molecule has 24 heavy (non-hydrogen) atoms. The Morgan fingerprint density at radius 3 is 2.25 bits per heavy atom. The van der Waals surface area contributed by atoms with E-state index in [1.165, 1.54) is 0 Å². The molecule has 0 N–H and O–H groups in total. The monoisotopic (exact) mass is 315 g/mol. The maximum absolute atomic E-state index is 9.29. The van der Waals surface area contributed by atoms with Crippen molar-refractivity contribution in [2.75, 3.05) is 7.11 Å². The molecule has 0 aliphatic heterocycles. The van der Waals surface area contributed by atoms with E-state index in [4.69, 9.17) is 9.47 Å². The van der Waals surface area contributed by atoms with Crippen molar-refractivity contribution < 1.29 is 9.47 Å². The Hall–Kier alpha value is -3.25. The molecule has 3 nitrogen and oxygen atoms in total. The lowest BCUT2D eigenvalue weighted by atomic mass is 10.00. The van der Waals surface area contributed by atoms with Crippen molar-refractivity contribution in [3.05, 3.63) is 83.9 Å². The van der Waals surface area contributed by atoms with E-state index in [1.807, 2.05) is 60.7 Å². The van der Waals surface area contributed by atoms with E-state index in [1.54, 1.807) is 19.2 Å². The molecule has 0 heterocycles. The van der Waals surface area contributed by atoms with Crippen molar-refractivity contribution in [1.82, 2.24) is 0 Å². The number of hydrogen-bond acceptors (Lipinski definition) is 3. The van der Waals surface area contributed by atoms with Gasteiger partial charge in [0.05, 0.1) is 18.7 Å². The minimum atomic E-state index is 0.531. The van der Waals surface area contributed by atoms with Crippen LogP contribution in [0, 0.1) is 11.3 Å². The first-order chi connectivity index (χ1) is 11.8. The van der Waals surface area contributed by atoms with E-state index in [2.05, 4.69) is 6.07 Å². The minimum absolute atomic E-state index is 0.531. The zero-order chi connectivity index (χ0) is 16.8. The Morgan fingerprint density at radius 1 is 0.875 bits per heavy atom. The lowest BCUT2D eigenvalue weighted by molar-refractivity contribution is 0.306. The second-order valence-electron chi connectivity index (χ2n) is 5.32. The number of rotatable bonds is 5. The summed E-state index contributed by atoms with van der Waals surface area (Å²) in [5.41, 5.74) is 3.55. The average molecular weight is 315 g/mol. The molecule has 0 amide bonds.